The van der Waals surface area contributed by atoms with Crippen molar-refractivity contribution < 1.29 is 22.4 Å². The van der Waals surface area contributed by atoms with Gasteiger partial charge >= 0.3 is 0 Å². The first kappa shape index (κ1) is 13.9. The Morgan fingerprint density at radius 3 is 2.00 bits per heavy atom. The van der Waals surface area contributed by atoms with Crippen LogP contribution in [0.1, 0.15) is 10.4 Å². The van der Waals surface area contributed by atoms with Gasteiger partial charge < -0.3 is 11.1 Å². The highest BCUT2D eigenvalue weighted by Crippen LogP contribution is 2.24. The van der Waals surface area contributed by atoms with Crippen LogP contribution in [-0.4, -0.2) is 5.91 Å². The van der Waals surface area contributed by atoms with Gasteiger partial charge in [0.15, 0.2) is 5.82 Å². The zero-order valence-corrected chi connectivity index (χ0v) is 9.88. The van der Waals surface area contributed by atoms with E-state index in [1.54, 1.807) is 0 Å². The van der Waals surface area contributed by atoms with Gasteiger partial charge in [0.2, 0.25) is 0 Å². The third-order valence-electron chi connectivity index (χ3n) is 2.45. The molecule has 0 radical (unpaired) electrons. The van der Waals surface area contributed by atoms with Crippen LogP contribution >= 0.6 is 0 Å². The molecule has 104 valence electrons. The molecule has 20 heavy (non-hydrogen) atoms. The average Bonchev–Trinajstić information content (AvgIpc) is 2.32. The summed E-state index contributed by atoms with van der Waals surface area (Å²) in [4.78, 5) is 11.7. The van der Waals surface area contributed by atoms with E-state index < -0.39 is 34.9 Å². The lowest BCUT2D eigenvalue weighted by Crippen LogP contribution is -2.15. The highest BCUT2D eigenvalue weighted by molar-refractivity contribution is 6.05. The average molecular weight is 284 g/mol. The minimum atomic E-state index is -1.09. The minimum absolute atomic E-state index is 0.340. The molecule has 0 bridgehead atoms. The lowest BCUT2D eigenvalue weighted by molar-refractivity contribution is 0.102. The number of rotatable bonds is 2. The van der Waals surface area contributed by atoms with E-state index in [4.69, 9.17) is 5.73 Å². The Morgan fingerprint density at radius 1 is 0.900 bits per heavy atom. The summed E-state index contributed by atoms with van der Waals surface area (Å²) in [6, 6.07) is 3.47. The van der Waals surface area contributed by atoms with Crippen molar-refractivity contribution in [3.05, 3.63) is 59.2 Å². The van der Waals surface area contributed by atoms with Crippen molar-refractivity contribution in [3.8, 4) is 0 Å². The van der Waals surface area contributed by atoms with Crippen molar-refractivity contribution in [2.24, 2.45) is 0 Å². The summed E-state index contributed by atoms with van der Waals surface area (Å²) in [6.45, 7) is 0. The number of nitrogens with two attached hydrogens (primary N) is 1. The molecule has 0 aromatic heterocycles. The summed E-state index contributed by atoms with van der Waals surface area (Å²) in [6.07, 6.45) is 0. The second-order valence-electron chi connectivity index (χ2n) is 3.96. The smallest absolute Gasteiger partial charge is 0.256 e. The lowest BCUT2D eigenvalue weighted by atomic mass is 10.2. The van der Waals surface area contributed by atoms with Crippen LogP contribution in [0.5, 0.6) is 0 Å². The Morgan fingerprint density at radius 2 is 1.45 bits per heavy atom. The fourth-order valence-electron chi connectivity index (χ4n) is 1.60. The van der Waals surface area contributed by atoms with Crippen molar-refractivity contribution in [1.82, 2.24) is 0 Å². The molecule has 1 amide bonds. The highest BCUT2D eigenvalue weighted by atomic mass is 19.1. The van der Waals surface area contributed by atoms with Gasteiger partial charge in [-0.2, -0.15) is 0 Å². The summed E-state index contributed by atoms with van der Waals surface area (Å²) >= 11 is 0. The van der Waals surface area contributed by atoms with Crippen LogP contribution in [0.4, 0.5) is 28.9 Å². The molecule has 3 N–H and O–H groups in total. The van der Waals surface area contributed by atoms with Gasteiger partial charge in [0.1, 0.15) is 23.1 Å². The molecule has 0 aliphatic carbocycles. The van der Waals surface area contributed by atoms with E-state index in [2.05, 4.69) is 0 Å². The molecule has 2 aromatic carbocycles. The molecule has 0 unspecified atom stereocenters. The number of hydrogen-bond acceptors (Lipinski definition) is 2. The molecule has 0 saturated heterocycles. The molecule has 0 saturated carbocycles. The van der Waals surface area contributed by atoms with Gasteiger partial charge in [0, 0.05) is 17.7 Å². The van der Waals surface area contributed by atoms with Gasteiger partial charge in [0.05, 0.1) is 5.69 Å². The summed E-state index contributed by atoms with van der Waals surface area (Å²) in [7, 11) is 0. The fourth-order valence-corrected chi connectivity index (χ4v) is 1.60. The molecule has 0 aliphatic rings. The van der Waals surface area contributed by atoms with Crippen molar-refractivity contribution in [1.29, 1.82) is 0 Å². The first-order valence-corrected chi connectivity index (χ1v) is 5.39. The summed E-state index contributed by atoms with van der Waals surface area (Å²) < 4.78 is 52.2. The predicted molar refractivity (Wildman–Crippen MR) is 65.1 cm³/mol. The molecular formula is C13H8F4N2O. The van der Waals surface area contributed by atoms with E-state index in [1.807, 2.05) is 5.32 Å². The van der Waals surface area contributed by atoms with Gasteiger partial charge in [-0.15, -0.1) is 0 Å². The van der Waals surface area contributed by atoms with Gasteiger partial charge in [-0.1, -0.05) is 0 Å². The number of amides is 1. The molecule has 7 heteroatoms. The minimum Gasteiger partial charge on any atom is -0.397 e. The molecule has 0 heterocycles. The Hall–Kier alpha value is -2.57. The molecule has 2 aromatic rings. The molecular weight excluding hydrogens is 276 g/mol. The zero-order chi connectivity index (χ0) is 14.9. The number of anilines is 2. The number of carbonyl (C=O) groups excluding carboxylic acids is 1. The number of benzene rings is 2. The number of hydrogen-bond donors (Lipinski definition) is 2. The van der Waals surface area contributed by atoms with Gasteiger partial charge in [0.25, 0.3) is 5.91 Å². The fraction of sp³-hybridized carbons (Fsp3) is 0. The van der Waals surface area contributed by atoms with Crippen LogP contribution in [-0.2, 0) is 0 Å². The Balaban J connectivity index is 2.32. The quantitative estimate of drug-likeness (QED) is 0.657. The Kier molecular flexibility index (Phi) is 3.60. The lowest BCUT2D eigenvalue weighted by Gasteiger charge is -2.09. The number of halogens is 4. The third-order valence-corrected chi connectivity index (χ3v) is 2.45. The van der Waals surface area contributed by atoms with E-state index in [0.717, 1.165) is 18.2 Å². The van der Waals surface area contributed by atoms with Crippen LogP contribution in [0.3, 0.4) is 0 Å². The molecule has 0 spiro atoms. The van der Waals surface area contributed by atoms with Gasteiger partial charge in [-0.05, 0) is 18.2 Å². The number of carbonyl (C=O) groups is 1. The second-order valence-corrected chi connectivity index (χ2v) is 3.96. The van der Waals surface area contributed by atoms with E-state index in [0.29, 0.717) is 12.1 Å². The molecule has 3 nitrogen and oxygen atoms in total. The van der Waals surface area contributed by atoms with Crippen LogP contribution in [0.25, 0.3) is 0 Å². The topological polar surface area (TPSA) is 55.1 Å². The monoisotopic (exact) mass is 284 g/mol. The third kappa shape index (κ3) is 2.87. The molecule has 0 fully saturated rings. The second kappa shape index (κ2) is 5.20. The van der Waals surface area contributed by atoms with Crippen LogP contribution in [0, 0.1) is 23.3 Å². The maximum Gasteiger partial charge on any atom is 0.256 e. The van der Waals surface area contributed by atoms with E-state index in [-0.39, 0.29) is 11.3 Å². The number of nitrogens with one attached hydrogen (secondary N) is 1. The highest BCUT2D eigenvalue weighted by Gasteiger charge is 2.15. The normalized spacial score (nSPS) is 10.4. The first-order chi connectivity index (χ1) is 9.36. The van der Waals surface area contributed by atoms with Crippen LogP contribution < -0.4 is 11.1 Å². The summed E-state index contributed by atoms with van der Waals surface area (Å²) in [5, 5.41) is 2.04. The first-order valence-electron chi connectivity index (χ1n) is 5.39. The van der Waals surface area contributed by atoms with Crippen molar-refractivity contribution in [3.63, 3.8) is 0 Å². The van der Waals surface area contributed by atoms with E-state index in [1.165, 1.54) is 0 Å². The summed E-state index contributed by atoms with van der Waals surface area (Å²) in [5.74, 6) is -4.88. The zero-order valence-electron chi connectivity index (χ0n) is 9.88. The van der Waals surface area contributed by atoms with Gasteiger partial charge in [-0.3, -0.25) is 4.79 Å². The maximum atomic E-state index is 13.5. The molecule has 0 aliphatic heterocycles. The summed E-state index contributed by atoms with van der Waals surface area (Å²) in [5.41, 5.74) is 4.21. The Labute approximate surface area is 111 Å². The van der Waals surface area contributed by atoms with E-state index >= 15 is 0 Å². The van der Waals surface area contributed by atoms with E-state index in [9.17, 15) is 22.4 Å². The standard InChI is InChI=1S/C13H8F4N2O/c14-7-1-6(2-8(15)3-7)13(20)19-12-10(17)4-9(16)5-11(12)18/h1-5H,18H2,(H,19,20). The van der Waals surface area contributed by atoms with Crippen LogP contribution in [0.2, 0.25) is 0 Å². The van der Waals surface area contributed by atoms with Crippen molar-refractivity contribution >= 4 is 17.3 Å². The number of nitrogen functional groups attached to an aromatic ring is 1. The van der Waals surface area contributed by atoms with Crippen LogP contribution in [0.15, 0.2) is 30.3 Å². The molecule has 2 rings (SSSR count). The van der Waals surface area contributed by atoms with Gasteiger partial charge in [-0.25, -0.2) is 17.6 Å². The van der Waals surface area contributed by atoms with Crippen molar-refractivity contribution in [2.75, 3.05) is 11.1 Å². The largest absolute Gasteiger partial charge is 0.397 e. The maximum absolute atomic E-state index is 13.5. The predicted octanol–water partition coefficient (Wildman–Crippen LogP) is 3.08. The Bertz CT molecular complexity index is 645. The van der Waals surface area contributed by atoms with Crippen molar-refractivity contribution in [2.45, 2.75) is 0 Å². The SMILES string of the molecule is Nc1cc(F)cc(F)c1NC(=O)c1cc(F)cc(F)c1. The molecule has 0 atom stereocenters.